The molecule has 2 atom stereocenters. The maximum atomic E-state index is 10.7. The number of carboxylic acid groups (broad SMARTS) is 1. The van der Waals surface area contributed by atoms with E-state index >= 15 is 0 Å². The molecule has 0 aliphatic carbocycles. The molecule has 0 saturated heterocycles. The fraction of sp³-hybridized carbons (Fsp3) is 0.556. The minimum absolute atomic E-state index is 0.0660. The average molecular weight is 183 g/mol. The number of carbonyl (C=O) groups is 1. The van der Waals surface area contributed by atoms with E-state index in [-0.39, 0.29) is 5.92 Å². The maximum absolute atomic E-state index is 10.7. The van der Waals surface area contributed by atoms with Gasteiger partial charge in [0.2, 0.25) is 0 Å². The standard InChI is InChI=1S/C9H13NO3/c1-5(6(2)9(11)12)8-4-10-13-7(8)3/h4-6H,1-3H3,(H,11,12). The van der Waals surface area contributed by atoms with E-state index in [1.165, 1.54) is 0 Å². The van der Waals surface area contributed by atoms with Crippen molar-refractivity contribution < 1.29 is 14.4 Å². The van der Waals surface area contributed by atoms with Gasteiger partial charge in [-0.1, -0.05) is 19.0 Å². The molecule has 1 aromatic rings. The third-order valence-corrected chi connectivity index (χ3v) is 2.42. The number of aryl methyl sites for hydroxylation is 1. The Morgan fingerprint density at radius 3 is 2.62 bits per heavy atom. The lowest BCUT2D eigenvalue weighted by molar-refractivity contribution is -0.141. The summed E-state index contributed by atoms with van der Waals surface area (Å²) in [4.78, 5) is 10.7. The molecule has 4 heteroatoms. The van der Waals surface area contributed by atoms with Crippen LogP contribution in [0.25, 0.3) is 0 Å². The highest BCUT2D eigenvalue weighted by Crippen LogP contribution is 2.26. The molecule has 0 aromatic carbocycles. The third-order valence-electron chi connectivity index (χ3n) is 2.42. The van der Waals surface area contributed by atoms with E-state index in [1.54, 1.807) is 20.0 Å². The molecule has 1 rings (SSSR count). The number of aromatic nitrogens is 1. The fourth-order valence-electron chi connectivity index (χ4n) is 1.23. The number of hydrogen-bond acceptors (Lipinski definition) is 3. The smallest absolute Gasteiger partial charge is 0.306 e. The lowest BCUT2D eigenvalue weighted by atomic mass is 9.90. The van der Waals surface area contributed by atoms with Crippen LogP contribution in [0.15, 0.2) is 10.7 Å². The molecule has 0 spiro atoms. The van der Waals surface area contributed by atoms with Gasteiger partial charge in [0, 0.05) is 5.56 Å². The molecule has 0 aliphatic heterocycles. The SMILES string of the molecule is Cc1oncc1C(C)C(C)C(=O)O. The van der Waals surface area contributed by atoms with Crippen LogP contribution in [0, 0.1) is 12.8 Å². The maximum Gasteiger partial charge on any atom is 0.306 e. The van der Waals surface area contributed by atoms with Gasteiger partial charge in [-0.05, 0) is 12.8 Å². The summed E-state index contributed by atoms with van der Waals surface area (Å²) in [6.45, 7) is 5.32. The summed E-state index contributed by atoms with van der Waals surface area (Å²) < 4.78 is 4.87. The van der Waals surface area contributed by atoms with Gasteiger partial charge in [0.1, 0.15) is 5.76 Å². The van der Waals surface area contributed by atoms with Crippen molar-refractivity contribution >= 4 is 5.97 Å². The van der Waals surface area contributed by atoms with Gasteiger partial charge in [0.05, 0.1) is 12.1 Å². The summed E-state index contributed by atoms with van der Waals surface area (Å²) in [5.74, 6) is -0.587. The Balaban J connectivity index is 2.85. The summed E-state index contributed by atoms with van der Waals surface area (Å²) in [5.41, 5.74) is 0.870. The van der Waals surface area contributed by atoms with Crippen LogP contribution in [0.3, 0.4) is 0 Å². The number of nitrogens with zero attached hydrogens (tertiary/aromatic N) is 1. The number of rotatable bonds is 3. The first-order valence-electron chi connectivity index (χ1n) is 4.18. The highest BCUT2D eigenvalue weighted by atomic mass is 16.5. The van der Waals surface area contributed by atoms with E-state index in [2.05, 4.69) is 5.16 Å². The first-order valence-corrected chi connectivity index (χ1v) is 4.18. The van der Waals surface area contributed by atoms with E-state index in [9.17, 15) is 4.79 Å². The quantitative estimate of drug-likeness (QED) is 0.776. The minimum atomic E-state index is -0.798. The summed E-state index contributed by atoms with van der Waals surface area (Å²) in [6.07, 6.45) is 1.58. The van der Waals surface area contributed by atoms with Gasteiger partial charge in [0.25, 0.3) is 0 Å². The van der Waals surface area contributed by atoms with Crippen molar-refractivity contribution in [3.63, 3.8) is 0 Å². The zero-order valence-electron chi connectivity index (χ0n) is 7.94. The van der Waals surface area contributed by atoms with Gasteiger partial charge in [-0.25, -0.2) is 0 Å². The van der Waals surface area contributed by atoms with Crippen LogP contribution in [0.4, 0.5) is 0 Å². The molecule has 0 amide bonds. The molecule has 0 radical (unpaired) electrons. The summed E-state index contributed by atoms with van der Waals surface area (Å²) in [5, 5.41) is 12.4. The van der Waals surface area contributed by atoms with Crippen molar-refractivity contribution in [3.05, 3.63) is 17.5 Å². The van der Waals surface area contributed by atoms with Crippen molar-refractivity contribution in [1.82, 2.24) is 5.16 Å². The van der Waals surface area contributed by atoms with Crippen molar-refractivity contribution in [2.75, 3.05) is 0 Å². The topological polar surface area (TPSA) is 63.3 Å². The number of carboxylic acids is 1. The molecule has 72 valence electrons. The van der Waals surface area contributed by atoms with Gasteiger partial charge in [-0.3, -0.25) is 4.79 Å². The molecule has 2 unspecified atom stereocenters. The molecule has 0 fully saturated rings. The molecule has 0 saturated carbocycles. The highest BCUT2D eigenvalue weighted by molar-refractivity contribution is 5.70. The van der Waals surface area contributed by atoms with Crippen LogP contribution in [-0.2, 0) is 4.79 Å². The monoisotopic (exact) mass is 183 g/mol. The van der Waals surface area contributed by atoms with Crippen molar-refractivity contribution in [3.8, 4) is 0 Å². The normalized spacial score (nSPS) is 15.3. The summed E-state index contributed by atoms with van der Waals surface area (Å²) >= 11 is 0. The number of hydrogen-bond donors (Lipinski definition) is 1. The van der Waals surface area contributed by atoms with Crippen molar-refractivity contribution in [1.29, 1.82) is 0 Å². The van der Waals surface area contributed by atoms with Crippen LogP contribution < -0.4 is 0 Å². The van der Waals surface area contributed by atoms with Crippen LogP contribution in [0.5, 0.6) is 0 Å². The zero-order valence-corrected chi connectivity index (χ0v) is 7.94. The van der Waals surface area contributed by atoms with Crippen LogP contribution in [0.1, 0.15) is 31.1 Å². The Morgan fingerprint density at radius 2 is 2.23 bits per heavy atom. The molecule has 1 N–H and O–H groups in total. The van der Waals surface area contributed by atoms with Gasteiger partial charge in [-0.15, -0.1) is 0 Å². The fourth-order valence-corrected chi connectivity index (χ4v) is 1.23. The largest absolute Gasteiger partial charge is 0.481 e. The Kier molecular flexibility index (Phi) is 2.70. The van der Waals surface area contributed by atoms with E-state index in [0.29, 0.717) is 5.76 Å². The second kappa shape index (κ2) is 3.60. The van der Waals surface area contributed by atoms with Gasteiger partial charge >= 0.3 is 5.97 Å². The van der Waals surface area contributed by atoms with E-state index in [1.807, 2.05) is 6.92 Å². The van der Waals surface area contributed by atoms with Crippen LogP contribution in [-0.4, -0.2) is 16.2 Å². The van der Waals surface area contributed by atoms with Crippen molar-refractivity contribution in [2.24, 2.45) is 5.92 Å². The molecule has 0 bridgehead atoms. The second-order valence-corrected chi connectivity index (χ2v) is 3.25. The Hall–Kier alpha value is -1.32. The molecular weight excluding hydrogens is 170 g/mol. The molecule has 4 nitrogen and oxygen atoms in total. The lowest BCUT2D eigenvalue weighted by Crippen LogP contribution is -2.16. The third kappa shape index (κ3) is 1.88. The first kappa shape index (κ1) is 9.77. The van der Waals surface area contributed by atoms with Crippen LogP contribution in [0.2, 0.25) is 0 Å². The Labute approximate surface area is 76.5 Å². The summed E-state index contributed by atoms with van der Waals surface area (Å²) in [6, 6.07) is 0. The molecule has 0 aliphatic rings. The second-order valence-electron chi connectivity index (χ2n) is 3.25. The number of aliphatic carboxylic acids is 1. The van der Waals surface area contributed by atoms with E-state index in [0.717, 1.165) is 5.56 Å². The molecule has 1 heterocycles. The summed E-state index contributed by atoms with van der Waals surface area (Å²) in [7, 11) is 0. The molecular formula is C9H13NO3. The zero-order chi connectivity index (χ0) is 10.0. The van der Waals surface area contributed by atoms with Gasteiger partial charge in [-0.2, -0.15) is 0 Å². The van der Waals surface area contributed by atoms with E-state index in [4.69, 9.17) is 9.63 Å². The van der Waals surface area contributed by atoms with Gasteiger partial charge in [0.15, 0.2) is 0 Å². The van der Waals surface area contributed by atoms with Crippen LogP contribution >= 0.6 is 0 Å². The Bertz CT molecular complexity index is 306. The predicted octanol–water partition coefficient (Wildman–Crippen LogP) is 1.81. The average Bonchev–Trinajstić information content (AvgIpc) is 2.48. The van der Waals surface area contributed by atoms with Crippen molar-refractivity contribution in [2.45, 2.75) is 26.7 Å². The lowest BCUT2D eigenvalue weighted by Gasteiger charge is -2.13. The Morgan fingerprint density at radius 1 is 1.62 bits per heavy atom. The molecule has 1 aromatic heterocycles. The van der Waals surface area contributed by atoms with E-state index < -0.39 is 11.9 Å². The highest BCUT2D eigenvalue weighted by Gasteiger charge is 2.23. The van der Waals surface area contributed by atoms with Gasteiger partial charge < -0.3 is 9.63 Å². The minimum Gasteiger partial charge on any atom is -0.481 e. The predicted molar refractivity (Wildman–Crippen MR) is 46.5 cm³/mol. The first-order chi connectivity index (χ1) is 6.04. The molecule has 13 heavy (non-hydrogen) atoms.